The molecule has 1 amide bonds. The molecule has 1 fully saturated rings. The molecular weight excluding hydrogens is 369 g/mol. The maximum atomic E-state index is 12.4. The third kappa shape index (κ3) is 4.12. The Morgan fingerprint density at radius 2 is 1.75 bits per heavy atom. The second-order valence-electron chi connectivity index (χ2n) is 5.63. The van der Waals surface area contributed by atoms with Crippen molar-refractivity contribution in [3.8, 4) is 0 Å². The molecule has 0 spiro atoms. The van der Waals surface area contributed by atoms with E-state index < -0.39 is 0 Å². The maximum absolute atomic E-state index is 12.4. The van der Waals surface area contributed by atoms with E-state index in [4.69, 9.17) is 34.8 Å². The van der Waals surface area contributed by atoms with E-state index in [9.17, 15) is 4.79 Å². The van der Waals surface area contributed by atoms with E-state index in [2.05, 4.69) is 9.88 Å². The van der Waals surface area contributed by atoms with Gasteiger partial charge in [-0.2, -0.15) is 0 Å². The van der Waals surface area contributed by atoms with Crippen molar-refractivity contribution in [1.82, 2.24) is 9.88 Å². The minimum atomic E-state index is 0.0945. The van der Waals surface area contributed by atoms with E-state index in [0.29, 0.717) is 34.6 Å². The fraction of sp³-hybridized carbons (Fsp3) is 0.294. The first-order valence-electron chi connectivity index (χ1n) is 7.61. The summed E-state index contributed by atoms with van der Waals surface area (Å²) in [6.07, 6.45) is 1.97. The Morgan fingerprint density at radius 1 is 1.00 bits per heavy atom. The number of piperazine rings is 1. The molecule has 0 saturated carbocycles. The Labute approximate surface area is 155 Å². The second kappa shape index (κ2) is 7.60. The van der Waals surface area contributed by atoms with Gasteiger partial charge >= 0.3 is 0 Å². The van der Waals surface area contributed by atoms with Gasteiger partial charge in [0.2, 0.25) is 5.91 Å². The number of carbonyl (C=O) groups is 1. The second-order valence-corrected chi connectivity index (χ2v) is 6.88. The zero-order valence-electron chi connectivity index (χ0n) is 12.9. The Bertz CT molecular complexity index is 728. The van der Waals surface area contributed by atoms with Gasteiger partial charge in [0.15, 0.2) is 0 Å². The van der Waals surface area contributed by atoms with Crippen molar-refractivity contribution < 1.29 is 4.79 Å². The van der Waals surface area contributed by atoms with Gasteiger partial charge < -0.3 is 9.80 Å². The molecule has 2 heterocycles. The molecule has 3 rings (SSSR count). The van der Waals surface area contributed by atoms with Crippen LogP contribution in [-0.2, 0) is 11.2 Å². The van der Waals surface area contributed by atoms with Gasteiger partial charge in [-0.25, -0.2) is 4.98 Å². The lowest BCUT2D eigenvalue weighted by molar-refractivity contribution is -0.130. The van der Waals surface area contributed by atoms with Gasteiger partial charge in [0.1, 0.15) is 5.82 Å². The molecule has 7 heteroatoms. The predicted molar refractivity (Wildman–Crippen MR) is 98.2 cm³/mol. The van der Waals surface area contributed by atoms with E-state index >= 15 is 0 Å². The topological polar surface area (TPSA) is 36.4 Å². The highest BCUT2D eigenvalue weighted by atomic mass is 35.5. The summed E-state index contributed by atoms with van der Waals surface area (Å²) in [5, 5.41) is 1.59. The van der Waals surface area contributed by atoms with Crippen LogP contribution in [0.3, 0.4) is 0 Å². The van der Waals surface area contributed by atoms with E-state index in [1.165, 1.54) is 0 Å². The van der Waals surface area contributed by atoms with Crippen molar-refractivity contribution >= 4 is 46.5 Å². The van der Waals surface area contributed by atoms with Crippen LogP contribution >= 0.6 is 34.8 Å². The van der Waals surface area contributed by atoms with Gasteiger partial charge in [0.25, 0.3) is 0 Å². The SMILES string of the molecule is O=C(Cc1ccc(Cl)c(Cl)c1)N1CCN(c2ccc(Cl)cn2)CC1. The van der Waals surface area contributed by atoms with Gasteiger partial charge in [-0.1, -0.05) is 40.9 Å². The smallest absolute Gasteiger partial charge is 0.227 e. The summed E-state index contributed by atoms with van der Waals surface area (Å²) in [5.74, 6) is 0.980. The summed E-state index contributed by atoms with van der Waals surface area (Å²) in [4.78, 5) is 20.8. The van der Waals surface area contributed by atoms with Crippen LogP contribution in [0.1, 0.15) is 5.56 Å². The lowest BCUT2D eigenvalue weighted by Gasteiger charge is -2.35. The first-order valence-corrected chi connectivity index (χ1v) is 8.74. The van der Waals surface area contributed by atoms with Gasteiger partial charge in [-0.15, -0.1) is 0 Å². The molecule has 1 aliphatic heterocycles. The van der Waals surface area contributed by atoms with E-state index in [1.54, 1.807) is 18.3 Å². The summed E-state index contributed by atoms with van der Waals surface area (Å²) in [7, 11) is 0. The number of amides is 1. The van der Waals surface area contributed by atoms with Crippen LogP contribution in [0.2, 0.25) is 15.1 Å². The van der Waals surface area contributed by atoms with Crippen LogP contribution in [0.5, 0.6) is 0 Å². The first kappa shape index (κ1) is 17.3. The van der Waals surface area contributed by atoms with E-state index in [1.807, 2.05) is 23.1 Å². The maximum Gasteiger partial charge on any atom is 0.227 e. The van der Waals surface area contributed by atoms with Gasteiger partial charge in [0, 0.05) is 32.4 Å². The molecule has 1 aromatic heterocycles. The summed E-state index contributed by atoms with van der Waals surface area (Å²) >= 11 is 17.8. The number of halogens is 3. The van der Waals surface area contributed by atoms with Crippen LogP contribution < -0.4 is 4.90 Å². The molecule has 4 nitrogen and oxygen atoms in total. The molecule has 1 saturated heterocycles. The fourth-order valence-corrected chi connectivity index (χ4v) is 3.11. The van der Waals surface area contributed by atoms with Gasteiger partial charge in [0.05, 0.1) is 21.5 Å². The summed E-state index contributed by atoms with van der Waals surface area (Å²) in [5.41, 5.74) is 0.871. The first-order chi connectivity index (χ1) is 11.5. The van der Waals surface area contributed by atoms with Crippen LogP contribution in [0.25, 0.3) is 0 Å². The Balaban J connectivity index is 1.56. The molecule has 0 N–H and O–H groups in total. The number of benzene rings is 1. The molecule has 0 unspecified atom stereocenters. The van der Waals surface area contributed by atoms with Crippen LogP contribution in [0.15, 0.2) is 36.5 Å². The van der Waals surface area contributed by atoms with Crippen molar-refractivity contribution in [1.29, 1.82) is 0 Å². The van der Waals surface area contributed by atoms with E-state index in [0.717, 1.165) is 24.5 Å². The molecule has 24 heavy (non-hydrogen) atoms. The third-order valence-corrected chi connectivity index (χ3v) is 4.97. The predicted octanol–water partition coefficient (Wildman–Crippen LogP) is 3.93. The zero-order chi connectivity index (χ0) is 17.1. The quantitative estimate of drug-likeness (QED) is 0.804. The number of hydrogen-bond donors (Lipinski definition) is 0. The average Bonchev–Trinajstić information content (AvgIpc) is 2.59. The molecule has 1 aromatic carbocycles. The van der Waals surface area contributed by atoms with Crippen molar-refractivity contribution in [3.05, 3.63) is 57.2 Å². The summed E-state index contributed by atoms with van der Waals surface area (Å²) in [6, 6.07) is 9.02. The molecule has 0 radical (unpaired) electrons. The number of aromatic nitrogens is 1. The van der Waals surface area contributed by atoms with Gasteiger partial charge in [-0.3, -0.25) is 4.79 Å². The molecular formula is C17H16Cl3N3O. The monoisotopic (exact) mass is 383 g/mol. The third-order valence-electron chi connectivity index (χ3n) is 4.01. The number of pyridine rings is 1. The van der Waals surface area contributed by atoms with Crippen molar-refractivity contribution in [2.75, 3.05) is 31.1 Å². The largest absolute Gasteiger partial charge is 0.353 e. The Morgan fingerprint density at radius 3 is 2.38 bits per heavy atom. The molecule has 126 valence electrons. The van der Waals surface area contributed by atoms with Crippen LogP contribution in [0, 0.1) is 0 Å². The van der Waals surface area contributed by atoms with Crippen molar-refractivity contribution in [3.63, 3.8) is 0 Å². The minimum Gasteiger partial charge on any atom is -0.353 e. The fourth-order valence-electron chi connectivity index (χ4n) is 2.68. The summed E-state index contributed by atoms with van der Waals surface area (Å²) < 4.78 is 0. The summed E-state index contributed by atoms with van der Waals surface area (Å²) in [6.45, 7) is 2.85. The molecule has 0 atom stereocenters. The lowest BCUT2D eigenvalue weighted by Crippen LogP contribution is -2.49. The molecule has 0 bridgehead atoms. The van der Waals surface area contributed by atoms with Crippen LogP contribution in [0.4, 0.5) is 5.82 Å². The number of nitrogens with zero attached hydrogens (tertiary/aromatic N) is 3. The standard InChI is InChI=1S/C17H16Cl3N3O/c18-13-2-4-16(21-11-13)22-5-7-23(8-6-22)17(24)10-12-1-3-14(19)15(20)9-12/h1-4,9,11H,5-8,10H2. The number of carbonyl (C=O) groups excluding carboxylic acids is 1. The minimum absolute atomic E-state index is 0.0945. The highest BCUT2D eigenvalue weighted by Crippen LogP contribution is 2.23. The Hall–Kier alpha value is -1.49. The average molecular weight is 385 g/mol. The number of anilines is 1. The highest BCUT2D eigenvalue weighted by Gasteiger charge is 2.22. The van der Waals surface area contributed by atoms with E-state index in [-0.39, 0.29) is 5.91 Å². The highest BCUT2D eigenvalue weighted by molar-refractivity contribution is 6.42. The zero-order valence-corrected chi connectivity index (χ0v) is 15.2. The molecule has 1 aliphatic rings. The van der Waals surface area contributed by atoms with Gasteiger partial charge in [-0.05, 0) is 29.8 Å². The Kier molecular flexibility index (Phi) is 5.49. The normalized spacial score (nSPS) is 14.8. The molecule has 2 aromatic rings. The van der Waals surface area contributed by atoms with Crippen molar-refractivity contribution in [2.24, 2.45) is 0 Å². The number of hydrogen-bond acceptors (Lipinski definition) is 3. The molecule has 0 aliphatic carbocycles. The van der Waals surface area contributed by atoms with Crippen LogP contribution in [-0.4, -0.2) is 42.0 Å². The van der Waals surface area contributed by atoms with Crippen molar-refractivity contribution in [2.45, 2.75) is 6.42 Å². The number of rotatable bonds is 3. The lowest BCUT2D eigenvalue weighted by atomic mass is 10.1.